The molecule has 6 aromatic heterocycles. The van der Waals surface area contributed by atoms with Crippen molar-refractivity contribution in [3.8, 4) is 0 Å². The highest BCUT2D eigenvalue weighted by Gasteiger charge is 2.35. The average Bonchev–Trinajstić information content (AvgIpc) is 1.68. The number of hydrogen-bond acceptors (Lipinski definition) is 21. The van der Waals surface area contributed by atoms with E-state index in [0.29, 0.717) is 62.4 Å². The average molecular weight is 1790 g/mol. The number of alkyl halides is 3. The summed E-state index contributed by atoms with van der Waals surface area (Å²) in [6.45, 7) is 6.71. The van der Waals surface area contributed by atoms with Crippen LogP contribution in [0.5, 0.6) is 0 Å². The zero-order valence-electron chi connectivity index (χ0n) is 66.2. The maximum absolute atomic E-state index is 13.5. The number of anilines is 3. The molecule has 17 rings (SSSR count). The van der Waals surface area contributed by atoms with Crippen LogP contribution in [0.1, 0.15) is 102 Å². The molecule has 3 aliphatic rings. The number of sulfone groups is 4. The van der Waals surface area contributed by atoms with E-state index < -0.39 is 57.0 Å². The molecule has 636 valence electrons. The van der Waals surface area contributed by atoms with E-state index in [4.69, 9.17) is 4.98 Å². The van der Waals surface area contributed by atoms with E-state index >= 15 is 0 Å². The summed E-state index contributed by atoms with van der Waals surface area (Å²) in [4.78, 5) is 73.6. The third kappa shape index (κ3) is 19.6. The van der Waals surface area contributed by atoms with Crippen molar-refractivity contribution in [2.24, 2.45) is 0 Å². The van der Waals surface area contributed by atoms with Gasteiger partial charge in [-0.15, -0.1) is 11.3 Å². The maximum atomic E-state index is 13.5. The van der Waals surface area contributed by atoms with Crippen LogP contribution in [-0.4, -0.2) is 119 Å². The van der Waals surface area contributed by atoms with E-state index in [0.717, 1.165) is 123 Å². The minimum atomic E-state index is -4.67. The minimum Gasteiger partial charge on any atom is -0.372 e. The number of hydrogen-bond donors (Lipinski definition) is 4. The Morgan fingerprint density at radius 1 is 0.500 bits per heavy atom. The standard InChI is InChI=1S/C49H40F3N7O6S4.C25H25N5O3S.C15H14FNO3S/c50-49(51,52)44-30-59-28-39(16-18-45(59)56-44)69(64,65)37-14-9-32(10-15-37)27-54-47(61)42-23-33-19-22-58(29-43(33)66-42)48-55-40-17-11-34(24-41(40)67-48)46(60)53-26-31-7-12-36(13-8-31)68(62,63)38-6-4-5-35(25-38)57-20-2-1-3-21-57;31-24(20-17-28-25-26-11-14-30(25)18-20)27-16-19-7-9-22(10-8-19)34(32,33)23-6-4-5-21(15-23)29-12-2-1-3-13-29;1-11-8-13(16)4-7-15(11)21(19,20)14-5-2-12(3-6-14)9-17-10-18/h4-19,23-25,28-30H,1-3,20-22,26-27H2,(H,53,60)(H,54,61);4-11,14-15,17-18H,1-3,12-13,16H2,(H,27,31);2-8,10H,9H2,1H3,(H,17,18). The quantitative estimate of drug-likeness (QED) is 0.0263. The van der Waals surface area contributed by atoms with E-state index in [2.05, 4.69) is 46.0 Å². The number of nitrogens with one attached hydrogen (secondary N) is 4. The molecule has 4 amide bonds. The van der Waals surface area contributed by atoms with Gasteiger partial charge in [0.05, 0.1) is 64.4 Å². The van der Waals surface area contributed by atoms with Crippen LogP contribution in [0, 0.1) is 12.7 Å². The van der Waals surface area contributed by atoms with E-state index in [-0.39, 0.29) is 77.3 Å². The smallest absolute Gasteiger partial charge is 0.372 e. The summed E-state index contributed by atoms with van der Waals surface area (Å²) >= 11 is 2.74. The van der Waals surface area contributed by atoms with Crippen LogP contribution in [-0.2, 0) is 76.5 Å². The Morgan fingerprint density at radius 3 is 1.57 bits per heavy atom. The molecule has 0 saturated carbocycles. The van der Waals surface area contributed by atoms with Crippen molar-refractivity contribution in [2.45, 2.75) is 117 Å². The fourth-order valence-corrected chi connectivity index (χ4v) is 21.6. The molecule has 0 atom stereocenters. The van der Waals surface area contributed by atoms with Crippen LogP contribution in [0.25, 0.3) is 33.9 Å². The Hall–Kier alpha value is -12.8. The Kier molecular flexibility index (Phi) is 25.5. The van der Waals surface area contributed by atoms with Gasteiger partial charge in [0, 0.05) is 119 Å². The fourth-order valence-electron chi connectivity index (χ4n) is 14.3. The lowest BCUT2D eigenvalue weighted by molar-refractivity contribution is -0.140. The van der Waals surface area contributed by atoms with E-state index in [1.807, 2.05) is 35.4 Å². The first-order valence-corrected chi connectivity index (χ1v) is 46.8. The van der Waals surface area contributed by atoms with Crippen LogP contribution in [0.15, 0.2) is 277 Å². The number of halogens is 4. The highest BCUT2D eigenvalue weighted by atomic mass is 32.2. The van der Waals surface area contributed by atoms with E-state index in [9.17, 15) is 70.4 Å². The summed E-state index contributed by atoms with van der Waals surface area (Å²) in [5.41, 5.74) is 5.61. The fraction of sp³-hybridized carbons (Fsp3) is 0.191. The number of thiophene rings is 1. The van der Waals surface area contributed by atoms with E-state index in [1.165, 1.54) is 90.2 Å². The maximum Gasteiger partial charge on any atom is 0.434 e. The molecular formula is C89H79F4N13O12S6. The number of fused-ring (bicyclic) bond motifs is 4. The van der Waals surface area contributed by atoms with Gasteiger partial charge in [-0.05, 0) is 218 Å². The van der Waals surface area contributed by atoms with Crippen molar-refractivity contribution in [1.82, 2.24) is 50.0 Å². The van der Waals surface area contributed by atoms with Gasteiger partial charge in [-0.25, -0.2) is 58.0 Å². The molecular weight excluding hydrogens is 1710 g/mol. The van der Waals surface area contributed by atoms with Crippen LogP contribution >= 0.6 is 22.7 Å². The Balaban J connectivity index is 0.000000177. The first-order valence-electron chi connectivity index (χ1n) is 39.2. The van der Waals surface area contributed by atoms with Crippen LogP contribution in [0.4, 0.5) is 34.1 Å². The van der Waals surface area contributed by atoms with Gasteiger partial charge in [0.2, 0.25) is 51.5 Å². The normalized spacial score (nSPS) is 13.8. The molecule has 2 saturated heterocycles. The third-order valence-electron chi connectivity index (χ3n) is 21.0. The first-order chi connectivity index (χ1) is 59.5. The molecule has 8 aromatic carbocycles. The summed E-state index contributed by atoms with van der Waals surface area (Å²) in [5.74, 6) is -0.816. The van der Waals surface area contributed by atoms with Crippen molar-refractivity contribution < 1.29 is 70.4 Å². The lowest BCUT2D eigenvalue weighted by Gasteiger charge is -2.29. The summed E-state index contributed by atoms with van der Waals surface area (Å²) in [6.07, 6.45) is 15.0. The third-order valence-corrected chi connectivity index (χ3v) is 30.4. The highest BCUT2D eigenvalue weighted by molar-refractivity contribution is 7.92. The molecule has 3 aliphatic heterocycles. The summed E-state index contributed by atoms with van der Waals surface area (Å²) < 4.78 is 162. The molecule has 0 aliphatic carbocycles. The minimum absolute atomic E-state index is 0.0409. The second kappa shape index (κ2) is 36.7. The molecule has 14 aromatic rings. The molecule has 9 heterocycles. The molecule has 0 bridgehead atoms. The molecule has 4 N–H and O–H groups in total. The van der Waals surface area contributed by atoms with Gasteiger partial charge in [-0.2, -0.15) is 13.2 Å². The summed E-state index contributed by atoms with van der Waals surface area (Å²) in [7, 11) is -15.1. The van der Waals surface area contributed by atoms with Crippen molar-refractivity contribution in [1.29, 1.82) is 0 Å². The molecule has 0 unspecified atom stereocenters. The first kappa shape index (κ1) is 86.2. The zero-order chi connectivity index (χ0) is 87.1. The number of piperidine rings is 2. The SMILES string of the molecule is Cc1cc(F)ccc1S(=O)(=O)c1ccc(CNC=O)cc1.O=C(NCc1ccc(S(=O)(=O)c2cccc(N3CCCCC3)c2)cc1)c1ccc2nc(N3C=c4sc(C(=O)NCc5ccc(S(=O)(=O)c6ccc7nc(C(F)(F)F)cn7c6)cc5)cc4=CC3)sc2c1.O=C(NCc1ccc(S(=O)(=O)c2cccc(N3CCCCC3)c2)cc1)c1cnc2nccn2c1. The molecule has 25 nitrogen and oxygen atoms in total. The van der Waals surface area contributed by atoms with Crippen molar-refractivity contribution in [3.05, 3.63) is 302 Å². The molecule has 0 radical (unpaired) electrons. The van der Waals surface area contributed by atoms with Crippen LogP contribution < -0.4 is 45.7 Å². The van der Waals surface area contributed by atoms with Crippen molar-refractivity contribution >= 4 is 137 Å². The van der Waals surface area contributed by atoms with Crippen molar-refractivity contribution in [2.75, 3.05) is 47.4 Å². The lowest BCUT2D eigenvalue weighted by Crippen LogP contribution is -2.31. The van der Waals surface area contributed by atoms with Gasteiger partial charge in [0.1, 0.15) is 11.5 Å². The topological polar surface area (TPSA) is 323 Å². The highest BCUT2D eigenvalue weighted by Crippen LogP contribution is 2.35. The number of aromatic nitrogens is 6. The van der Waals surface area contributed by atoms with Crippen LogP contribution in [0.3, 0.4) is 0 Å². The van der Waals surface area contributed by atoms with Gasteiger partial charge in [-0.3, -0.25) is 23.6 Å². The molecule has 35 heteroatoms. The number of amides is 4. The molecule has 0 spiro atoms. The van der Waals surface area contributed by atoms with Crippen molar-refractivity contribution in [3.63, 3.8) is 0 Å². The number of benzene rings is 8. The van der Waals surface area contributed by atoms with E-state index in [1.54, 1.807) is 157 Å². The van der Waals surface area contributed by atoms with Gasteiger partial charge in [0.25, 0.3) is 17.7 Å². The second-order valence-corrected chi connectivity index (χ2v) is 39.3. The molecule has 124 heavy (non-hydrogen) atoms. The molecule has 2 fully saturated rings. The largest absolute Gasteiger partial charge is 0.434 e. The number of rotatable bonds is 23. The van der Waals surface area contributed by atoms with Gasteiger partial charge in [0.15, 0.2) is 10.8 Å². The monoisotopic (exact) mass is 1790 g/mol. The Labute approximate surface area is 718 Å². The predicted octanol–water partition coefficient (Wildman–Crippen LogP) is 13.3. The Morgan fingerprint density at radius 2 is 1.02 bits per heavy atom. The van der Waals surface area contributed by atoms with Gasteiger partial charge < -0.3 is 40.4 Å². The number of aryl methyl sites for hydroxylation is 1. The number of imidazole rings is 2. The lowest BCUT2D eigenvalue weighted by atomic mass is 10.1. The number of nitrogens with zero attached hydrogens (tertiary/aromatic N) is 9. The zero-order valence-corrected chi connectivity index (χ0v) is 71.1. The number of carbonyl (C=O) groups is 4. The number of pyridine rings is 1. The van der Waals surface area contributed by atoms with Gasteiger partial charge >= 0.3 is 6.18 Å². The predicted molar refractivity (Wildman–Crippen MR) is 463 cm³/mol. The summed E-state index contributed by atoms with van der Waals surface area (Å²) in [5, 5.41) is 12.8. The van der Waals surface area contributed by atoms with Gasteiger partial charge in [-0.1, -0.05) is 78.1 Å². The summed E-state index contributed by atoms with van der Waals surface area (Å²) in [6, 6.07) is 52.6. The number of carbonyl (C=O) groups excluding carboxylic acids is 4. The number of thiazole rings is 1. The van der Waals surface area contributed by atoms with Crippen LogP contribution in [0.2, 0.25) is 0 Å². The second-order valence-electron chi connectivity index (χ2n) is 29.5. The Bertz CT molecular complexity index is 7000.